The van der Waals surface area contributed by atoms with Crippen molar-refractivity contribution in [1.82, 2.24) is 0 Å². The van der Waals surface area contributed by atoms with E-state index >= 15 is 0 Å². The number of hydrogen-bond donors (Lipinski definition) is 1. The number of aryl methyl sites for hydroxylation is 1. The lowest BCUT2D eigenvalue weighted by Gasteiger charge is -2.15. The van der Waals surface area contributed by atoms with E-state index in [-0.39, 0.29) is 0 Å². The molecular weight excluding hydrogens is 378 g/mol. The van der Waals surface area contributed by atoms with E-state index in [1.807, 2.05) is 51.1 Å². The predicted molar refractivity (Wildman–Crippen MR) is 100.0 cm³/mol. The smallest absolute Gasteiger partial charge is 0.175 e. The van der Waals surface area contributed by atoms with Crippen molar-refractivity contribution in [2.75, 3.05) is 18.5 Å². The summed E-state index contributed by atoms with van der Waals surface area (Å²) < 4.78 is 12.2. The van der Waals surface area contributed by atoms with Gasteiger partial charge in [0, 0.05) is 17.3 Å². The van der Waals surface area contributed by atoms with Crippen molar-refractivity contribution >= 4 is 33.2 Å². The molecule has 2 rings (SSSR count). The summed E-state index contributed by atoms with van der Waals surface area (Å²) in [5, 5.41) is 4.14. The van der Waals surface area contributed by atoms with Gasteiger partial charge >= 0.3 is 0 Å². The highest BCUT2D eigenvalue weighted by Crippen LogP contribution is 2.37. The molecule has 0 saturated heterocycles. The molecule has 0 heterocycles. The molecule has 2 aromatic rings. The van der Waals surface area contributed by atoms with Crippen LogP contribution in [0.5, 0.6) is 11.5 Å². The Labute approximate surface area is 151 Å². The minimum absolute atomic E-state index is 0.594. The molecule has 1 N–H and O–H groups in total. The van der Waals surface area contributed by atoms with Gasteiger partial charge in [0.25, 0.3) is 0 Å². The van der Waals surface area contributed by atoms with Crippen LogP contribution in [0.4, 0.5) is 5.69 Å². The van der Waals surface area contributed by atoms with Crippen molar-refractivity contribution in [1.29, 1.82) is 0 Å². The summed E-state index contributed by atoms with van der Waals surface area (Å²) in [5.41, 5.74) is 3.16. The summed E-state index contributed by atoms with van der Waals surface area (Å²) in [6, 6.07) is 10.0. The summed E-state index contributed by atoms with van der Waals surface area (Å²) >= 11 is 9.72. The quantitative estimate of drug-likeness (QED) is 0.637. The number of rotatable bonds is 7. The third kappa shape index (κ3) is 4.79. The molecule has 0 radical (unpaired) electrons. The molecule has 124 valence electrons. The Bertz CT molecular complexity index is 676. The van der Waals surface area contributed by atoms with Crippen LogP contribution < -0.4 is 14.8 Å². The Morgan fingerprint density at radius 1 is 1.09 bits per heavy atom. The van der Waals surface area contributed by atoms with Crippen molar-refractivity contribution in [3.8, 4) is 11.5 Å². The zero-order chi connectivity index (χ0) is 16.8. The van der Waals surface area contributed by atoms with Crippen LogP contribution in [0.1, 0.15) is 25.0 Å². The van der Waals surface area contributed by atoms with E-state index < -0.39 is 0 Å². The van der Waals surface area contributed by atoms with Crippen LogP contribution in [-0.2, 0) is 6.54 Å². The first-order valence-electron chi connectivity index (χ1n) is 7.63. The minimum Gasteiger partial charge on any atom is -0.490 e. The fraction of sp³-hybridized carbons (Fsp3) is 0.333. The molecule has 23 heavy (non-hydrogen) atoms. The Hall–Kier alpha value is -1.39. The van der Waals surface area contributed by atoms with E-state index in [4.69, 9.17) is 21.1 Å². The van der Waals surface area contributed by atoms with Crippen LogP contribution in [-0.4, -0.2) is 13.2 Å². The number of nitrogens with one attached hydrogen (secondary N) is 1. The average molecular weight is 399 g/mol. The second-order valence-corrected chi connectivity index (χ2v) is 6.35. The third-order valence-corrected chi connectivity index (χ3v) is 4.32. The Balaban J connectivity index is 2.17. The van der Waals surface area contributed by atoms with E-state index in [2.05, 4.69) is 21.2 Å². The molecule has 0 unspecified atom stereocenters. The molecule has 0 aliphatic heterocycles. The predicted octanol–water partition coefficient (Wildman–Crippen LogP) is 5.82. The second-order valence-electron chi connectivity index (χ2n) is 5.09. The first kappa shape index (κ1) is 18.0. The van der Waals surface area contributed by atoms with Gasteiger partial charge in [0.05, 0.1) is 17.7 Å². The molecule has 0 aromatic heterocycles. The fourth-order valence-corrected chi connectivity index (χ4v) is 2.96. The monoisotopic (exact) mass is 397 g/mol. The molecule has 0 aliphatic rings. The average Bonchev–Trinajstić information content (AvgIpc) is 2.52. The maximum absolute atomic E-state index is 6.16. The normalized spacial score (nSPS) is 10.5. The molecule has 0 fully saturated rings. The standard InChI is InChI=1S/C18H21BrClNO2/c1-4-22-17-9-13(8-15(19)18(17)23-5-2)11-21-14-7-6-12(3)16(20)10-14/h6-10,21H,4-5,11H2,1-3H3. The number of halogens is 2. The van der Waals surface area contributed by atoms with Crippen LogP contribution in [0.25, 0.3) is 0 Å². The van der Waals surface area contributed by atoms with E-state index in [0.29, 0.717) is 19.8 Å². The number of hydrogen-bond acceptors (Lipinski definition) is 3. The third-order valence-electron chi connectivity index (χ3n) is 3.33. The van der Waals surface area contributed by atoms with E-state index in [1.165, 1.54) is 0 Å². The molecule has 2 aromatic carbocycles. The van der Waals surface area contributed by atoms with Crippen molar-refractivity contribution in [2.24, 2.45) is 0 Å². The van der Waals surface area contributed by atoms with Gasteiger partial charge < -0.3 is 14.8 Å². The maximum atomic E-state index is 6.16. The van der Waals surface area contributed by atoms with Crippen LogP contribution in [0.3, 0.4) is 0 Å². The molecule has 0 spiro atoms. The second kappa shape index (κ2) is 8.46. The van der Waals surface area contributed by atoms with Gasteiger partial charge in [0.15, 0.2) is 11.5 Å². The number of benzene rings is 2. The Kier molecular flexibility index (Phi) is 6.60. The maximum Gasteiger partial charge on any atom is 0.175 e. The molecule has 0 bridgehead atoms. The highest BCUT2D eigenvalue weighted by molar-refractivity contribution is 9.10. The van der Waals surface area contributed by atoms with Crippen molar-refractivity contribution in [2.45, 2.75) is 27.3 Å². The summed E-state index contributed by atoms with van der Waals surface area (Å²) in [7, 11) is 0. The van der Waals surface area contributed by atoms with Crippen LogP contribution in [0.2, 0.25) is 5.02 Å². The van der Waals surface area contributed by atoms with Gasteiger partial charge in [-0.3, -0.25) is 0 Å². The van der Waals surface area contributed by atoms with Crippen molar-refractivity contribution < 1.29 is 9.47 Å². The van der Waals surface area contributed by atoms with Gasteiger partial charge in [-0.05, 0) is 72.1 Å². The zero-order valence-electron chi connectivity index (χ0n) is 13.6. The van der Waals surface area contributed by atoms with E-state index in [0.717, 1.165) is 37.8 Å². The summed E-state index contributed by atoms with van der Waals surface area (Å²) in [6.45, 7) is 7.77. The van der Waals surface area contributed by atoms with E-state index in [9.17, 15) is 0 Å². The lowest BCUT2D eigenvalue weighted by Crippen LogP contribution is -2.03. The minimum atomic E-state index is 0.594. The lowest BCUT2D eigenvalue weighted by atomic mass is 10.2. The first-order valence-corrected chi connectivity index (χ1v) is 8.80. The molecule has 0 aliphatic carbocycles. The van der Waals surface area contributed by atoms with Crippen molar-refractivity contribution in [3.05, 3.63) is 51.0 Å². The van der Waals surface area contributed by atoms with Gasteiger partial charge in [0.1, 0.15) is 0 Å². The SMILES string of the molecule is CCOc1cc(CNc2ccc(C)c(Cl)c2)cc(Br)c1OCC. The topological polar surface area (TPSA) is 30.5 Å². The fourth-order valence-electron chi connectivity index (χ4n) is 2.18. The summed E-state index contributed by atoms with van der Waals surface area (Å²) in [4.78, 5) is 0. The van der Waals surface area contributed by atoms with Crippen LogP contribution in [0.15, 0.2) is 34.8 Å². The van der Waals surface area contributed by atoms with E-state index in [1.54, 1.807) is 0 Å². The van der Waals surface area contributed by atoms with Crippen LogP contribution >= 0.6 is 27.5 Å². The zero-order valence-corrected chi connectivity index (χ0v) is 15.9. The highest BCUT2D eigenvalue weighted by Gasteiger charge is 2.12. The van der Waals surface area contributed by atoms with Gasteiger partial charge in [0.2, 0.25) is 0 Å². The number of anilines is 1. The summed E-state index contributed by atoms with van der Waals surface area (Å²) in [5.74, 6) is 1.50. The molecule has 3 nitrogen and oxygen atoms in total. The molecule has 5 heteroatoms. The van der Waals surface area contributed by atoms with Gasteiger partial charge in [-0.2, -0.15) is 0 Å². The van der Waals surface area contributed by atoms with Gasteiger partial charge in [-0.25, -0.2) is 0 Å². The molecule has 0 atom stereocenters. The van der Waals surface area contributed by atoms with Crippen LogP contribution in [0, 0.1) is 6.92 Å². The Morgan fingerprint density at radius 2 is 1.83 bits per heavy atom. The first-order chi connectivity index (χ1) is 11.0. The van der Waals surface area contributed by atoms with Gasteiger partial charge in [-0.1, -0.05) is 17.7 Å². The number of ether oxygens (including phenoxy) is 2. The lowest BCUT2D eigenvalue weighted by molar-refractivity contribution is 0.286. The molecular formula is C18H21BrClNO2. The highest BCUT2D eigenvalue weighted by atomic mass is 79.9. The van der Waals surface area contributed by atoms with Crippen molar-refractivity contribution in [3.63, 3.8) is 0 Å². The molecule has 0 saturated carbocycles. The summed E-state index contributed by atoms with van der Waals surface area (Å²) in [6.07, 6.45) is 0. The molecule has 0 amide bonds. The Morgan fingerprint density at radius 3 is 2.48 bits per heavy atom. The largest absolute Gasteiger partial charge is 0.490 e. The van der Waals surface area contributed by atoms with Gasteiger partial charge in [-0.15, -0.1) is 0 Å².